The number of carbonyl (C=O) groups is 1. The van der Waals surface area contributed by atoms with Gasteiger partial charge in [-0.05, 0) is 36.8 Å². The van der Waals surface area contributed by atoms with Crippen molar-refractivity contribution in [1.82, 2.24) is 9.97 Å². The van der Waals surface area contributed by atoms with Gasteiger partial charge in [-0.15, -0.1) is 0 Å². The average molecular weight is 292 g/mol. The number of aromatic nitrogens is 2. The standard InChI is InChI=1S/C17H16N4O/c1-12-5-4-6-13(9-12)21-16(22)10-18-17-14-7-2-3-8-15(14)19-11-20-17/h2-9,11H,10H2,1H3,(H,21,22)(H,18,19,20). The Labute approximate surface area is 128 Å². The maximum Gasteiger partial charge on any atom is 0.243 e. The third-order valence-electron chi connectivity index (χ3n) is 3.26. The second-order valence-corrected chi connectivity index (χ2v) is 5.01. The first-order chi connectivity index (χ1) is 10.7. The molecule has 5 nitrogen and oxygen atoms in total. The highest BCUT2D eigenvalue weighted by Gasteiger charge is 2.06. The van der Waals surface area contributed by atoms with E-state index in [-0.39, 0.29) is 12.5 Å². The van der Waals surface area contributed by atoms with Crippen molar-refractivity contribution in [1.29, 1.82) is 0 Å². The molecule has 0 unspecified atom stereocenters. The lowest BCUT2D eigenvalue weighted by Gasteiger charge is -2.09. The van der Waals surface area contributed by atoms with E-state index in [4.69, 9.17) is 0 Å². The zero-order valence-electron chi connectivity index (χ0n) is 12.2. The fourth-order valence-electron chi connectivity index (χ4n) is 2.24. The van der Waals surface area contributed by atoms with Crippen LogP contribution in [0, 0.1) is 6.92 Å². The van der Waals surface area contributed by atoms with Gasteiger partial charge in [0.15, 0.2) is 0 Å². The molecular formula is C17H16N4O. The number of anilines is 2. The zero-order chi connectivity index (χ0) is 15.4. The van der Waals surface area contributed by atoms with Crippen LogP contribution < -0.4 is 10.6 Å². The zero-order valence-corrected chi connectivity index (χ0v) is 12.2. The van der Waals surface area contributed by atoms with Gasteiger partial charge in [0.05, 0.1) is 12.1 Å². The summed E-state index contributed by atoms with van der Waals surface area (Å²) in [6.45, 7) is 2.13. The lowest BCUT2D eigenvalue weighted by atomic mass is 10.2. The molecule has 0 aliphatic rings. The van der Waals surface area contributed by atoms with Gasteiger partial charge in [-0.2, -0.15) is 0 Å². The van der Waals surface area contributed by atoms with Crippen molar-refractivity contribution in [2.45, 2.75) is 6.92 Å². The second kappa shape index (κ2) is 6.22. The molecule has 0 saturated carbocycles. The average Bonchev–Trinajstić information content (AvgIpc) is 2.53. The highest BCUT2D eigenvalue weighted by Crippen LogP contribution is 2.18. The summed E-state index contributed by atoms with van der Waals surface area (Å²) < 4.78 is 0. The molecule has 3 aromatic rings. The molecule has 0 aliphatic heterocycles. The maximum atomic E-state index is 12.0. The number of carbonyl (C=O) groups excluding carboxylic acids is 1. The van der Waals surface area contributed by atoms with Crippen molar-refractivity contribution in [2.24, 2.45) is 0 Å². The minimum atomic E-state index is -0.117. The first kappa shape index (κ1) is 14.0. The first-order valence-corrected chi connectivity index (χ1v) is 7.02. The monoisotopic (exact) mass is 292 g/mol. The Kier molecular flexibility index (Phi) is 3.96. The third kappa shape index (κ3) is 3.20. The van der Waals surface area contributed by atoms with E-state index in [0.717, 1.165) is 22.2 Å². The molecule has 0 fully saturated rings. The molecule has 0 atom stereocenters. The number of para-hydroxylation sites is 1. The summed E-state index contributed by atoms with van der Waals surface area (Å²) in [4.78, 5) is 20.4. The van der Waals surface area contributed by atoms with Crippen LogP contribution in [0.25, 0.3) is 10.9 Å². The number of hydrogen-bond acceptors (Lipinski definition) is 4. The largest absolute Gasteiger partial charge is 0.360 e. The fraction of sp³-hybridized carbons (Fsp3) is 0.118. The van der Waals surface area contributed by atoms with Crippen LogP contribution in [0.1, 0.15) is 5.56 Å². The van der Waals surface area contributed by atoms with Gasteiger partial charge in [-0.3, -0.25) is 4.79 Å². The van der Waals surface area contributed by atoms with Crippen molar-refractivity contribution >= 4 is 28.3 Å². The molecule has 0 radical (unpaired) electrons. The van der Waals surface area contributed by atoms with E-state index >= 15 is 0 Å². The molecule has 110 valence electrons. The van der Waals surface area contributed by atoms with Crippen molar-refractivity contribution in [3.05, 3.63) is 60.4 Å². The van der Waals surface area contributed by atoms with E-state index in [1.165, 1.54) is 6.33 Å². The van der Waals surface area contributed by atoms with Crippen molar-refractivity contribution in [2.75, 3.05) is 17.2 Å². The Balaban J connectivity index is 1.68. The quantitative estimate of drug-likeness (QED) is 0.775. The smallest absolute Gasteiger partial charge is 0.243 e. The van der Waals surface area contributed by atoms with E-state index in [9.17, 15) is 4.79 Å². The normalized spacial score (nSPS) is 10.4. The number of hydrogen-bond donors (Lipinski definition) is 2. The molecule has 1 amide bonds. The molecule has 1 heterocycles. The van der Waals surface area contributed by atoms with E-state index in [0.29, 0.717) is 5.82 Å². The van der Waals surface area contributed by atoms with E-state index in [1.807, 2.05) is 55.5 Å². The molecule has 5 heteroatoms. The molecule has 0 saturated heterocycles. The minimum absolute atomic E-state index is 0.117. The molecule has 0 spiro atoms. The van der Waals surface area contributed by atoms with Gasteiger partial charge in [0.2, 0.25) is 5.91 Å². The summed E-state index contributed by atoms with van der Waals surface area (Å²) in [5.74, 6) is 0.540. The van der Waals surface area contributed by atoms with Gasteiger partial charge in [0.25, 0.3) is 0 Å². The summed E-state index contributed by atoms with van der Waals surface area (Å²) >= 11 is 0. The van der Waals surface area contributed by atoms with Crippen LogP contribution in [-0.2, 0) is 4.79 Å². The van der Waals surface area contributed by atoms with Gasteiger partial charge < -0.3 is 10.6 Å². The van der Waals surface area contributed by atoms with Crippen LogP contribution in [0.2, 0.25) is 0 Å². The predicted molar refractivity (Wildman–Crippen MR) is 87.8 cm³/mol. The van der Waals surface area contributed by atoms with Crippen LogP contribution in [-0.4, -0.2) is 22.4 Å². The molecule has 3 rings (SSSR count). The Morgan fingerprint density at radius 1 is 1.09 bits per heavy atom. The number of nitrogens with zero attached hydrogens (tertiary/aromatic N) is 2. The minimum Gasteiger partial charge on any atom is -0.360 e. The Bertz CT molecular complexity index is 811. The molecule has 2 N–H and O–H groups in total. The number of fused-ring (bicyclic) bond motifs is 1. The highest BCUT2D eigenvalue weighted by atomic mass is 16.1. The van der Waals surface area contributed by atoms with Gasteiger partial charge in [0.1, 0.15) is 12.1 Å². The summed E-state index contributed by atoms with van der Waals surface area (Å²) in [5, 5.41) is 6.81. The Hall–Kier alpha value is -2.95. The molecule has 1 aromatic heterocycles. The summed E-state index contributed by atoms with van der Waals surface area (Å²) in [7, 11) is 0. The van der Waals surface area contributed by atoms with Crippen LogP contribution in [0.5, 0.6) is 0 Å². The molecule has 0 aliphatic carbocycles. The van der Waals surface area contributed by atoms with Gasteiger partial charge >= 0.3 is 0 Å². The van der Waals surface area contributed by atoms with Gasteiger partial charge in [-0.25, -0.2) is 9.97 Å². The number of amides is 1. The molecule has 0 bridgehead atoms. The van der Waals surface area contributed by atoms with Crippen molar-refractivity contribution in [3.8, 4) is 0 Å². The van der Waals surface area contributed by atoms with Crippen molar-refractivity contribution in [3.63, 3.8) is 0 Å². The Morgan fingerprint density at radius 2 is 1.95 bits per heavy atom. The van der Waals surface area contributed by atoms with E-state index in [1.54, 1.807) is 0 Å². The van der Waals surface area contributed by atoms with Crippen LogP contribution >= 0.6 is 0 Å². The SMILES string of the molecule is Cc1cccc(NC(=O)CNc2ncnc3ccccc23)c1. The van der Waals surface area contributed by atoms with Gasteiger partial charge in [-0.1, -0.05) is 24.3 Å². The fourth-order valence-corrected chi connectivity index (χ4v) is 2.24. The number of aryl methyl sites for hydroxylation is 1. The van der Waals surface area contributed by atoms with Gasteiger partial charge in [0, 0.05) is 11.1 Å². The Morgan fingerprint density at radius 3 is 2.82 bits per heavy atom. The molecule has 2 aromatic carbocycles. The van der Waals surface area contributed by atoms with Crippen molar-refractivity contribution < 1.29 is 4.79 Å². The van der Waals surface area contributed by atoms with E-state index < -0.39 is 0 Å². The second-order valence-electron chi connectivity index (χ2n) is 5.01. The van der Waals surface area contributed by atoms with Crippen LogP contribution in [0.4, 0.5) is 11.5 Å². The topological polar surface area (TPSA) is 66.9 Å². The molecular weight excluding hydrogens is 276 g/mol. The number of rotatable bonds is 4. The maximum absolute atomic E-state index is 12.0. The molecule has 22 heavy (non-hydrogen) atoms. The summed E-state index contributed by atoms with van der Waals surface area (Å²) in [6.07, 6.45) is 1.49. The lowest BCUT2D eigenvalue weighted by Crippen LogP contribution is -2.22. The predicted octanol–water partition coefficient (Wildman–Crippen LogP) is 2.99. The summed E-state index contributed by atoms with van der Waals surface area (Å²) in [5.41, 5.74) is 2.74. The number of nitrogens with one attached hydrogen (secondary N) is 2. The van der Waals surface area contributed by atoms with Crippen LogP contribution in [0.15, 0.2) is 54.9 Å². The lowest BCUT2D eigenvalue weighted by molar-refractivity contribution is -0.114. The third-order valence-corrected chi connectivity index (χ3v) is 3.26. The van der Waals surface area contributed by atoms with E-state index in [2.05, 4.69) is 20.6 Å². The first-order valence-electron chi connectivity index (χ1n) is 7.02. The number of benzene rings is 2. The van der Waals surface area contributed by atoms with Crippen LogP contribution in [0.3, 0.4) is 0 Å². The summed E-state index contributed by atoms with van der Waals surface area (Å²) in [6, 6.07) is 15.4. The highest BCUT2D eigenvalue weighted by molar-refractivity contribution is 5.95.